The van der Waals surface area contributed by atoms with Gasteiger partial charge in [-0.05, 0) is 20.3 Å². The number of carbonyl (C=O) groups is 3. The summed E-state index contributed by atoms with van der Waals surface area (Å²) < 4.78 is 9.40. The van der Waals surface area contributed by atoms with E-state index in [0.29, 0.717) is 12.8 Å². The lowest BCUT2D eigenvalue weighted by Gasteiger charge is -2.10. The van der Waals surface area contributed by atoms with Gasteiger partial charge in [0.15, 0.2) is 6.10 Å². The average Bonchev–Trinajstić information content (AvgIpc) is 2.10. The highest BCUT2D eigenvalue weighted by Crippen LogP contribution is 1.98. The molecule has 0 rings (SSSR count). The zero-order valence-corrected chi connectivity index (χ0v) is 9.24. The zero-order valence-electron chi connectivity index (χ0n) is 9.24. The molecule has 0 aromatic carbocycles. The maximum Gasteiger partial charge on any atom is 0.347 e. The smallest absolute Gasteiger partial charge is 0.347 e. The molecule has 1 unspecified atom stereocenters. The summed E-state index contributed by atoms with van der Waals surface area (Å²) in [4.78, 5) is 32.2. The molecule has 1 atom stereocenters. The summed E-state index contributed by atoms with van der Waals surface area (Å²) in [6.07, 6.45) is -0.0110. The van der Waals surface area contributed by atoms with Crippen molar-refractivity contribution in [2.45, 2.75) is 39.7 Å². The summed E-state index contributed by atoms with van der Waals surface area (Å²) in [6.45, 7) is 4.31. The van der Waals surface area contributed by atoms with Crippen LogP contribution in [0.25, 0.3) is 0 Å². The number of hydrogen-bond acceptors (Lipinski definition) is 5. The van der Waals surface area contributed by atoms with Crippen LogP contribution in [-0.4, -0.2) is 30.4 Å². The van der Waals surface area contributed by atoms with Crippen molar-refractivity contribution < 1.29 is 23.9 Å². The molecule has 15 heavy (non-hydrogen) atoms. The van der Waals surface area contributed by atoms with E-state index in [1.807, 2.05) is 0 Å². The molecule has 0 aliphatic carbocycles. The Morgan fingerprint density at radius 3 is 2.27 bits per heavy atom. The Bertz CT molecular complexity index is 246. The second kappa shape index (κ2) is 6.98. The number of ether oxygens (including phenoxy) is 2. The minimum absolute atomic E-state index is 0.0547. The third kappa shape index (κ3) is 7.66. The van der Waals surface area contributed by atoms with Crippen LogP contribution in [0.1, 0.15) is 33.6 Å². The van der Waals surface area contributed by atoms with E-state index in [9.17, 15) is 14.4 Å². The zero-order chi connectivity index (χ0) is 11.8. The molecule has 0 bridgehead atoms. The Morgan fingerprint density at radius 2 is 1.80 bits per heavy atom. The predicted molar refractivity (Wildman–Crippen MR) is 52.1 cm³/mol. The number of rotatable bonds is 6. The van der Waals surface area contributed by atoms with E-state index in [2.05, 4.69) is 4.74 Å². The SMILES string of the molecule is CC(=O)CCCOC(=O)C(C)OC(C)=O. The minimum Gasteiger partial charge on any atom is -0.463 e. The van der Waals surface area contributed by atoms with Gasteiger partial charge in [-0.25, -0.2) is 4.79 Å². The van der Waals surface area contributed by atoms with Crippen LogP contribution in [0.5, 0.6) is 0 Å². The van der Waals surface area contributed by atoms with Crippen molar-refractivity contribution in [1.29, 1.82) is 0 Å². The lowest BCUT2D eigenvalue weighted by molar-refractivity contribution is -0.165. The molecule has 0 aromatic rings. The van der Waals surface area contributed by atoms with Crippen LogP contribution in [0, 0.1) is 0 Å². The lowest BCUT2D eigenvalue weighted by atomic mass is 10.2. The molecule has 0 radical (unpaired) electrons. The van der Waals surface area contributed by atoms with E-state index >= 15 is 0 Å². The molecule has 0 amide bonds. The molecule has 0 saturated heterocycles. The van der Waals surface area contributed by atoms with E-state index < -0.39 is 18.0 Å². The first kappa shape index (κ1) is 13.6. The van der Waals surface area contributed by atoms with Crippen molar-refractivity contribution in [3.63, 3.8) is 0 Å². The fourth-order valence-electron chi connectivity index (χ4n) is 0.908. The maximum absolute atomic E-state index is 11.1. The minimum atomic E-state index is -0.889. The number of hydrogen-bond donors (Lipinski definition) is 0. The third-order valence-electron chi connectivity index (χ3n) is 1.59. The van der Waals surface area contributed by atoms with Crippen LogP contribution in [-0.2, 0) is 23.9 Å². The first-order valence-corrected chi connectivity index (χ1v) is 4.76. The Morgan fingerprint density at radius 1 is 1.20 bits per heavy atom. The van der Waals surface area contributed by atoms with Gasteiger partial charge in [0.05, 0.1) is 6.61 Å². The number of esters is 2. The van der Waals surface area contributed by atoms with Crippen molar-refractivity contribution in [2.24, 2.45) is 0 Å². The Hall–Kier alpha value is -1.39. The maximum atomic E-state index is 11.1. The molecule has 0 aliphatic rings. The second-order valence-electron chi connectivity index (χ2n) is 3.22. The monoisotopic (exact) mass is 216 g/mol. The molecule has 0 aromatic heterocycles. The number of ketones is 1. The molecule has 0 heterocycles. The molecule has 0 fully saturated rings. The quantitative estimate of drug-likeness (QED) is 0.486. The van der Waals surface area contributed by atoms with Crippen LogP contribution in [0.2, 0.25) is 0 Å². The molecule has 0 spiro atoms. The first-order valence-electron chi connectivity index (χ1n) is 4.76. The van der Waals surface area contributed by atoms with E-state index in [4.69, 9.17) is 4.74 Å². The Kier molecular flexibility index (Phi) is 6.33. The highest BCUT2D eigenvalue weighted by molar-refractivity contribution is 5.78. The van der Waals surface area contributed by atoms with Gasteiger partial charge in [0.2, 0.25) is 0 Å². The lowest BCUT2D eigenvalue weighted by Crippen LogP contribution is -2.25. The van der Waals surface area contributed by atoms with Crippen LogP contribution < -0.4 is 0 Å². The standard InChI is InChI=1S/C10H16O5/c1-7(11)5-4-6-14-10(13)8(2)15-9(3)12/h8H,4-6H2,1-3H3. The number of carbonyl (C=O) groups excluding carboxylic acids is 3. The van der Waals surface area contributed by atoms with Crippen LogP contribution in [0.3, 0.4) is 0 Å². The molecule has 0 saturated carbocycles. The number of Topliss-reactive ketones (excluding diaryl/α,β-unsaturated/α-hetero) is 1. The Labute approximate surface area is 88.7 Å². The second-order valence-corrected chi connectivity index (χ2v) is 3.22. The van der Waals surface area contributed by atoms with Gasteiger partial charge in [-0.1, -0.05) is 0 Å². The van der Waals surface area contributed by atoms with Crippen LogP contribution in [0.4, 0.5) is 0 Å². The van der Waals surface area contributed by atoms with Gasteiger partial charge in [-0.15, -0.1) is 0 Å². The van der Waals surface area contributed by atoms with Crippen LogP contribution in [0.15, 0.2) is 0 Å². The molecular formula is C10H16O5. The summed E-state index contributed by atoms with van der Waals surface area (Å²) >= 11 is 0. The topological polar surface area (TPSA) is 69.7 Å². The van der Waals surface area contributed by atoms with Gasteiger partial charge in [0.25, 0.3) is 0 Å². The van der Waals surface area contributed by atoms with Gasteiger partial charge in [0, 0.05) is 13.3 Å². The summed E-state index contributed by atoms with van der Waals surface area (Å²) in [6, 6.07) is 0. The van der Waals surface area contributed by atoms with E-state index in [0.717, 1.165) is 0 Å². The van der Waals surface area contributed by atoms with Gasteiger partial charge < -0.3 is 14.3 Å². The van der Waals surface area contributed by atoms with Crippen molar-refractivity contribution in [3.8, 4) is 0 Å². The van der Waals surface area contributed by atoms with Crippen molar-refractivity contribution in [3.05, 3.63) is 0 Å². The summed E-state index contributed by atoms with van der Waals surface area (Å²) in [7, 11) is 0. The van der Waals surface area contributed by atoms with Gasteiger partial charge in [-0.2, -0.15) is 0 Å². The van der Waals surface area contributed by atoms with Crippen LogP contribution >= 0.6 is 0 Å². The van der Waals surface area contributed by atoms with E-state index in [1.165, 1.54) is 20.8 Å². The van der Waals surface area contributed by atoms with Crippen molar-refractivity contribution >= 4 is 17.7 Å². The molecule has 5 nitrogen and oxygen atoms in total. The van der Waals surface area contributed by atoms with Crippen molar-refractivity contribution in [2.75, 3.05) is 6.61 Å². The molecule has 5 heteroatoms. The van der Waals surface area contributed by atoms with Crippen molar-refractivity contribution in [1.82, 2.24) is 0 Å². The summed E-state index contributed by atoms with van der Waals surface area (Å²) in [5, 5.41) is 0. The fraction of sp³-hybridized carbons (Fsp3) is 0.700. The highest BCUT2D eigenvalue weighted by Gasteiger charge is 2.16. The molecule has 86 valence electrons. The molecular weight excluding hydrogens is 200 g/mol. The molecule has 0 aliphatic heterocycles. The van der Waals surface area contributed by atoms with E-state index in [-0.39, 0.29) is 12.4 Å². The third-order valence-corrected chi connectivity index (χ3v) is 1.59. The van der Waals surface area contributed by atoms with E-state index in [1.54, 1.807) is 0 Å². The van der Waals surface area contributed by atoms with Gasteiger partial charge in [0.1, 0.15) is 5.78 Å². The fourth-order valence-corrected chi connectivity index (χ4v) is 0.908. The normalized spacial score (nSPS) is 11.7. The Balaban J connectivity index is 3.64. The van der Waals surface area contributed by atoms with Gasteiger partial charge in [-0.3, -0.25) is 4.79 Å². The highest BCUT2D eigenvalue weighted by atomic mass is 16.6. The van der Waals surface area contributed by atoms with Gasteiger partial charge >= 0.3 is 11.9 Å². The largest absolute Gasteiger partial charge is 0.463 e. The average molecular weight is 216 g/mol. The predicted octanol–water partition coefficient (Wildman–Crippen LogP) is 0.850. The summed E-state index contributed by atoms with van der Waals surface area (Å²) in [5.41, 5.74) is 0. The first-order chi connectivity index (χ1) is 6.93. The molecule has 0 N–H and O–H groups in total. The summed E-state index contributed by atoms with van der Waals surface area (Å²) in [5.74, 6) is -1.06.